The first-order valence-corrected chi connectivity index (χ1v) is 5.40. The summed E-state index contributed by atoms with van der Waals surface area (Å²) in [5.74, 6) is 0.0171. The first-order chi connectivity index (χ1) is 7.21. The number of carbonyl (C=O) groups excluding carboxylic acids is 1. The molecule has 1 aromatic carbocycles. The van der Waals surface area contributed by atoms with E-state index in [0.29, 0.717) is 0 Å². The van der Waals surface area contributed by atoms with Crippen molar-refractivity contribution in [3.8, 4) is 0 Å². The Morgan fingerprint density at radius 2 is 1.62 bits per heavy atom. The lowest BCUT2D eigenvalue weighted by Gasteiger charge is -2.20. The number of benzene rings is 1. The molecular formula is C13H20N2O. The number of nitrogens with two attached hydrogens (primary N) is 1. The van der Waals surface area contributed by atoms with E-state index in [9.17, 15) is 4.79 Å². The Kier molecular flexibility index (Phi) is 3.27. The van der Waals surface area contributed by atoms with Crippen molar-refractivity contribution in [2.75, 3.05) is 11.1 Å². The lowest BCUT2D eigenvalue weighted by Crippen LogP contribution is -2.28. The van der Waals surface area contributed by atoms with Gasteiger partial charge in [-0.15, -0.1) is 0 Å². The molecule has 1 aromatic rings. The van der Waals surface area contributed by atoms with Crippen LogP contribution in [-0.2, 0) is 4.79 Å². The summed E-state index contributed by atoms with van der Waals surface area (Å²) in [6.07, 6.45) is 0. The molecule has 3 heteroatoms. The van der Waals surface area contributed by atoms with Crippen molar-refractivity contribution < 1.29 is 4.79 Å². The SMILES string of the molecule is Cc1cc(N)cc(C)c1NC(=O)C(C)(C)C. The molecule has 0 aliphatic carbocycles. The molecular weight excluding hydrogens is 200 g/mol. The summed E-state index contributed by atoms with van der Waals surface area (Å²) < 4.78 is 0. The molecule has 0 fully saturated rings. The summed E-state index contributed by atoms with van der Waals surface area (Å²) in [5, 5.41) is 2.95. The van der Waals surface area contributed by atoms with Gasteiger partial charge in [0.15, 0.2) is 0 Å². The Morgan fingerprint density at radius 3 is 2.00 bits per heavy atom. The molecule has 3 N–H and O–H groups in total. The summed E-state index contributed by atoms with van der Waals surface area (Å²) in [6, 6.07) is 3.73. The smallest absolute Gasteiger partial charge is 0.229 e. The Morgan fingerprint density at radius 1 is 1.19 bits per heavy atom. The van der Waals surface area contributed by atoms with Crippen LogP contribution in [0.4, 0.5) is 11.4 Å². The minimum absolute atomic E-state index is 0.0171. The first-order valence-electron chi connectivity index (χ1n) is 5.40. The minimum Gasteiger partial charge on any atom is -0.399 e. The van der Waals surface area contributed by atoms with Crippen LogP contribution in [0.1, 0.15) is 31.9 Å². The standard InChI is InChI=1S/C13H20N2O/c1-8-6-10(14)7-9(2)11(8)15-12(16)13(3,4)5/h6-7H,14H2,1-5H3,(H,15,16). The summed E-state index contributed by atoms with van der Waals surface area (Å²) >= 11 is 0. The molecule has 0 atom stereocenters. The number of nitrogens with one attached hydrogen (secondary N) is 1. The van der Waals surface area contributed by atoms with E-state index in [1.165, 1.54) is 0 Å². The van der Waals surface area contributed by atoms with Crippen LogP contribution in [0.5, 0.6) is 0 Å². The van der Waals surface area contributed by atoms with Crippen molar-refractivity contribution in [1.82, 2.24) is 0 Å². The Balaban J connectivity index is 3.03. The monoisotopic (exact) mass is 220 g/mol. The van der Waals surface area contributed by atoms with Crippen molar-refractivity contribution in [3.63, 3.8) is 0 Å². The molecule has 0 saturated heterocycles. The zero-order chi connectivity index (χ0) is 12.5. The number of carbonyl (C=O) groups is 1. The van der Waals surface area contributed by atoms with Gasteiger partial charge in [-0.3, -0.25) is 4.79 Å². The van der Waals surface area contributed by atoms with Crippen molar-refractivity contribution >= 4 is 17.3 Å². The second kappa shape index (κ2) is 4.16. The molecule has 16 heavy (non-hydrogen) atoms. The number of anilines is 2. The van der Waals surface area contributed by atoms with E-state index < -0.39 is 0 Å². The van der Waals surface area contributed by atoms with E-state index >= 15 is 0 Å². The molecule has 1 rings (SSSR count). The van der Waals surface area contributed by atoms with Gasteiger partial charge in [0.05, 0.1) is 0 Å². The van der Waals surface area contributed by atoms with E-state index in [1.54, 1.807) is 0 Å². The highest BCUT2D eigenvalue weighted by Crippen LogP contribution is 2.25. The summed E-state index contributed by atoms with van der Waals surface area (Å²) in [6.45, 7) is 9.57. The normalized spacial score (nSPS) is 11.3. The van der Waals surface area contributed by atoms with E-state index in [0.717, 1.165) is 22.5 Å². The highest BCUT2D eigenvalue weighted by atomic mass is 16.2. The Labute approximate surface area is 97.0 Å². The number of amides is 1. The van der Waals surface area contributed by atoms with Gasteiger partial charge < -0.3 is 11.1 Å². The largest absolute Gasteiger partial charge is 0.399 e. The van der Waals surface area contributed by atoms with Gasteiger partial charge in [0.1, 0.15) is 0 Å². The summed E-state index contributed by atoms with van der Waals surface area (Å²) in [5.41, 5.74) is 8.93. The average Bonchev–Trinajstić information content (AvgIpc) is 2.08. The predicted molar refractivity (Wildman–Crippen MR) is 68.4 cm³/mol. The van der Waals surface area contributed by atoms with Crippen LogP contribution in [0.15, 0.2) is 12.1 Å². The molecule has 0 aromatic heterocycles. The van der Waals surface area contributed by atoms with Crippen molar-refractivity contribution in [2.24, 2.45) is 5.41 Å². The number of nitrogen functional groups attached to an aromatic ring is 1. The van der Waals surface area contributed by atoms with E-state index in [-0.39, 0.29) is 11.3 Å². The highest BCUT2D eigenvalue weighted by molar-refractivity contribution is 5.96. The van der Waals surface area contributed by atoms with Gasteiger partial charge in [-0.1, -0.05) is 20.8 Å². The Hall–Kier alpha value is -1.51. The van der Waals surface area contributed by atoms with Gasteiger partial charge in [0, 0.05) is 16.8 Å². The molecule has 0 bridgehead atoms. The number of hydrogen-bond donors (Lipinski definition) is 2. The van der Waals surface area contributed by atoms with Crippen LogP contribution >= 0.6 is 0 Å². The summed E-state index contributed by atoms with van der Waals surface area (Å²) in [4.78, 5) is 11.9. The number of hydrogen-bond acceptors (Lipinski definition) is 2. The quantitative estimate of drug-likeness (QED) is 0.715. The fourth-order valence-corrected chi connectivity index (χ4v) is 1.50. The molecule has 0 saturated carbocycles. The van der Waals surface area contributed by atoms with Gasteiger partial charge in [-0.05, 0) is 37.1 Å². The van der Waals surface area contributed by atoms with Gasteiger partial charge in [-0.2, -0.15) is 0 Å². The molecule has 88 valence electrons. The second-order valence-electron chi connectivity index (χ2n) is 5.23. The third-order valence-corrected chi connectivity index (χ3v) is 2.47. The van der Waals surface area contributed by atoms with Crippen LogP contribution < -0.4 is 11.1 Å². The van der Waals surface area contributed by atoms with Crippen LogP contribution in [-0.4, -0.2) is 5.91 Å². The van der Waals surface area contributed by atoms with E-state index in [1.807, 2.05) is 46.8 Å². The van der Waals surface area contributed by atoms with Gasteiger partial charge in [-0.25, -0.2) is 0 Å². The topological polar surface area (TPSA) is 55.1 Å². The number of rotatable bonds is 1. The van der Waals surface area contributed by atoms with Gasteiger partial charge in [0.2, 0.25) is 5.91 Å². The zero-order valence-corrected chi connectivity index (χ0v) is 10.6. The maximum atomic E-state index is 11.9. The lowest BCUT2D eigenvalue weighted by atomic mass is 9.95. The molecule has 3 nitrogen and oxygen atoms in total. The molecule has 1 amide bonds. The highest BCUT2D eigenvalue weighted by Gasteiger charge is 2.22. The third-order valence-electron chi connectivity index (χ3n) is 2.47. The molecule has 0 aliphatic rings. The second-order valence-corrected chi connectivity index (χ2v) is 5.23. The zero-order valence-electron chi connectivity index (χ0n) is 10.6. The van der Waals surface area contributed by atoms with Crippen molar-refractivity contribution in [3.05, 3.63) is 23.3 Å². The van der Waals surface area contributed by atoms with Crippen molar-refractivity contribution in [2.45, 2.75) is 34.6 Å². The van der Waals surface area contributed by atoms with Crippen LogP contribution in [0, 0.1) is 19.3 Å². The maximum absolute atomic E-state index is 11.9. The first kappa shape index (κ1) is 12.6. The average molecular weight is 220 g/mol. The van der Waals surface area contributed by atoms with Gasteiger partial charge >= 0.3 is 0 Å². The van der Waals surface area contributed by atoms with E-state index in [4.69, 9.17) is 5.73 Å². The molecule has 0 radical (unpaired) electrons. The lowest BCUT2D eigenvalue weighted by molar-refractivity contribution is -0.123. The van der Waals surface area contributed by atoms with Crippen molar-refractivity contribution in [1.29, 1.82) is 0 Å². The Bertz CT molecular complexity index is 393. The molecule has 0 aliphatic heterocycles. The molecule has 0 unspecified atom stereocenters. The molecule has 0 spiro atoms. The number of aryl methyl sites for hydroxylation is 2. The third kappa shape index (κ3) is 2.75. The predicted octanol–water partition coefficient (Wildman–Crippen LogP) is 2.87. The van der Waals surface area contributed by atoms with Crippen LogP contribution in [0.25, 0.3) is 0 Å². The maximum Gasteiger partial charge on any atom is 0.229 e. The fourth-order valence-electron chi connectivity index (χ4n) is 1.50. The fraction of sp³-hybridized carbons (Fsp3) is 0.462. The van der Waals surface area contributed by atoms with Crippen LogP contribution in [0.2, 0.25) is 0 Å². The molecule has 0 heterocycles. The van der Waals surface area contributed by atoms with Crippen LogP contribution in [0.3, 0.4) is 0 Å². The van der Waals surface area contributed by atoms with Gasteiger partial charge in [0.25, 0.3) is 0 Å². The van der Waals surface area contributed by atoms with E-state index in [2.05, 4.69) is 5.32 Å². The summed E-state index contributed by atoms with van der Waals surface area (Å²) in [7, 11) is 0. The minimum atomic E-state index is -0.389.